The molecule has 1 fully saturated rings. The molecule has 0 spiro atoms. The number of amides is 1. The molecule has 1 aliphatic rings. The lowest BCUT2D eigenvalue weighted by atomic mass is 9.95. The summed E-state index contributed by atoms with van der Waals surface area (Å²) in [5.41, 5.74) is 2.70. The monoisotopic (exact) mass is 418 g/mol. The summed E-state index contributed by atoms with van der Waals surface area (Å²) in [5.74, 6) is 0.160. The molecule has 4 rings (SSSR count). The zero-order valence-electron chi connectivity index (χ0n) is 18.2. The number of aromatic nitrogens is 1. The second kappa shape index (κ2) is 9.45. The summed E-state index contributed by atoms with van der Waals surface area (Å²) in [4.78, 5) is 33.5. The Bertz CT molecular complexity index is 1040. The van der Waals surface area contributed by atoms with E-state index in [1.165, 1.54) is 0 Å². The molecule has 0 aliphatic carbocycles. The number of rotatable bonds is 7. The van der Waals surface area contributed by atoms with Crippen LogP contribution in [0.3, 0.4) is 0 Å². The van der Waals surface area contributed by atoms with Crippen molar-refractivity contribution in [2.45, 2.75) is 25.9 Å². The van der Waals surface area contributed by atoms with E-state index in [2.05, 4.69) is 20.1 Å². The van der Waals surface area contributed by atoms with Gasteiger partial charge >= 0.3 is 0 Å². The first kappa shape index (κ1) is 21.3. The van der Waals surface area contributed by atoms with Crippen LogP contribution in [0.5, 0.6) is 0 Å². The number of para-hydroxylation sites is 1. The summed E-state index contributed by atoms with van der Waals surface area (Å²) < 4.78 is 0. The summed E-state index contributed by atoms with van der Waals surface area (Å²) in [6.45, 7) is 7.34. The Morgan fingerprint density at radius 1 is 0.968 bits per heavy atom. The Labute approximate surface area is 183 Å². The number of nitrogens with zero attached hydrogens (tertiary/aromatic N) is 2. The quantitative estimate of drug-likeness (QED) is 0.578. The van der Waals surface area contributed by atoms with Gasteiger partial charge in [0.15, 0.2) is 5.78 Å². The number of carbonyl (C=O) groups excluding carboxylic acids is 2. The maximum atomic E-state index is 13.8. The zero-order chi connectivity index (χ0) is 21.8. The number of benzene rings is 2. The molecule has 2 aromatic carbocycles. The number of hydrogen-bond donors (Lipinski definition) is 2. The summed E-state index contributed by atoms with van der Waals surface area (Å²) in [7, 11) is 0. The molecule has 1 saturated heterocycles. The lowest BCUT2D eigenvalue weighted by Crippen LogP contribution is -2.51. The number of ketones is 1. The van der Waals surface area contributed by atoms with Gasteiger partial charge in [-0.25, -0.2) is 0 Å². The Kier molecular flexibility index (Phi) is 6.49. The molecule has 0 unspecified atom stereocenters. The van der Waals surface area contributed by atoms with Gasteiger partial charge in [0.05, 0.1) is 12.6 Å². The van der Waals surface area contributed by atoms with Gasteiger partial charge in [0.1, 0.15) is 0 Å². The third-order valence-electron chi connectivity index (χ3n) is 5.81. The van der Waals surface area contributed by atoms with E-state index >= 15 is 0 Å². The molecule has 1 aromatic heterocycles. The highest BCUT2D eigenvalue weighted by Crippen LogP contribution is 2.29. The van der Waals surface area contributed by atoms with Gasteiger partial charge in [-0.05, 0) is 25.5 Å². The number of Topliss-reactive ketones (excluding diaryl/α,β-unsaturated/α-hetero) is 1. The average Bonchev–Trinajstić information content (AvgIpc) is 3.19. The number of H-pyrrole nitrogens is 1. The average molecular weight is 419 g/mol. The van der Waals surface area contributed by atoms with Crippen molar-refractivity contribution in [1.82, 2.24) is 20.1 Å². The normalized spacial score (nSPS) is 16.5. The van der Waals surface area contributed by atoms with Crippen molar-refractivity contribution in [2.75, 3.05) is 32.7 Å². The highest BCUT2D eigenvalue weighted by molar-refractivity contribution is 6.10. The Hall–Kier alpha value is -2.96. The minimum Gasteiger partial charge on any atom is -0.360 e. The lowest BCUT2D eigenvalue weighted by molar-refractivity contribution is -0.123. The molecule has 1 atom stereocenters. The van der Waals surface area contributed by atoms with E-state index in [0.29, 0.717) is 6.54 Å². The van der Waals surface area contributed by atoms with Crippen LogP contribution in [0, 0.1) is 0 Å². The predicted molar refractivity (Wildman–Crippen MR) is 123 cm³/mol. The van der Waals surface area contributed by atoms with E-state index in [1.807, 2.05) is 74.6 Å². The van der Waals surface area contributed by atoms with Gasteiger partial charge in [-0.3, -0.25) is 19.4 Å². The standard InChI is InChI=1S/C25H30N4O2/c1-18(2)27-23(30)17-28-12-14-29(15-13-28)24(19-8-4-3-5-9-19)25(31)21-16-26-22-11-7-6-10-20(21)22/h3-11,16,18,24,26H,12-15,17H2,1-2H3,(H,27,30)/t24-/m1/s1. The molecule has 0 saturated carbocycles. The number of piperazine rings is 1. The maximum Gasteiger partial charge on any atom is 0.234 e. The zero-order valence-corrected chi connectivity index (χ0v) is 18.2. The fourth-order valence-corrected chi connectivity index (χ4v) is 4.34. The molecule has 0 radical (unpaired) electrons. The highest BCUT2D eigenvalue weighted by Gasteiger charge is 2.32. The summed E-state index contributed by atoms with van der Waals surface area (Å²) in [6.07, 6.45) is 1.83. The first-order chi connectivity index (χ1) is 15.0. The molecule has 1 aliphatic heterocycles. The van der Waals surface area contributed by atoms with Crippen LogP contribution >= 0.6 is 0 Å². The van der Waals surface area contributed by atoms with Crippen LogP contribution < -0.4 is 5.32 Å². The highest BCUT2D eigenvalue weighted by atomic mass is 16.2. The topological polar surface area (TPSA) is 68.4 Å². The van der Waals surface area contributed by atoms with E-state index in [4.69, 9.17) is 0 Å². The van der Waals surface area contributed by atoms with Crippen molar-refractivity contribution >= 4 is 22.6 Å². The summed E-state index contributed by atoms with van der Waals surface area (Å²) >= 11 is 0. The molecular formula is C25H30N4O2. The SMILES string of the molecule is CC(C)NC(=O)CN1CCN([C@@H](C(=O)c2c[nH]c3ccccc23)c2ccccc2)CC1. The lowest BCUT2D eigenvalue weighted by Gasteiger charge is -2.38. The van der Waals surface area contributed by atoms with Crippen molar-refractivity contribution in [3.63, 3.8) is 0 Å². The van der Waals surface area contributed by atoms with E-state index in [0.717, 1.165) is 48.2 Å². The molecule has 162 valence electrons. The van der Waals surface area contributed by atoms with Crippen molar-refractivity contribution in [3.05, 3.63) is 71.9 Å². The van der Waals surface area contributed by atoms with Gasteiger partial charge in [-0.15, -0.1) is 0 Å². The van der Waals surface area contributed by atoms with Crippen LogP contribution in [0.2, 0.25) is 0 Å². The van der Waals surface area contributed by atoms with Crippen LogP contribution in [0.15, 0.2) is 60.8 Å². The van der Waals surface area contributed by atoms with Crippen LogP contribution in [0.4, 0.5) is 0 Å². The summed E-state index contributed by atoms with van der Waals surface area (Å²) in [6, 6.07) is 17.7. The minimum absolute atomic E-state index is 0.0536. The van der Waals surface area contributed by atoms with Crippen LogP contribution in [0.1, 0.15) is 35.8 Å². The number of nitrogens with one attached hydrogen (secondary N) is 2. The van der Waals surface area contributed by atoms with Crippen molar-refractivity contribution in [1.29, 1.82) is 0 Å². The van der Waals surface area contributed by atoms with Gasteiger partial charge in [0.25, 0.3) is 0 Å². The van der Waals surface area contributed by atoms with E-state index in [9.17, 15) is 9.59 Å². The number of fused-ring (bicyclic) bond motifs is 1. The van der Waals surface area contributed by atoms with E-state index in [-0.39, 0.29) is 23.8 Å². The molecule has 6 heteroatoms. The molecule has 6 nitrogen and oxygen atoms in total. The molecular weight excluding hydrogens is 388 g/mol. The molecule has 1 amide bonds. The fourth-order valence-electron chi connectivity index (χ4n) is 4.34. The molecule has 2 N–H and O–H groups in total. The number of carbonyl (C=O) groups is 2. The Balaban J connectivity index is 1.53. The largest absolute Gasteiger partial charge is 0.360 e. The van der Waals surface area contributed by atoms with Crippen LogP contribution in [-0.2, 0) is 4.79 Å². The summed E-state index contributed by atoms with van der Waals surface area (Å²) in [5, 5.41) is 3.91. The van der Waals surface area contributed by atoms with Gasteiger partial charge in [0, 0.05) is 54.9 Å². The number of hydrogen-bond acceptors (Lipinski definition) is 4. The predicted octanol–water partition coefficient (Wildman–Crippen LogP) is 3.23. The smallest absolute Gasteiger partial charge is 0.234 e. The molecule has 3 aromatic rings. The van der Waals surface area contributed by atoms with Crippen molar-refractivity contribution < 1.29 is 9.59 Å². The molecule has 2 heterocycles. The Morgan fingerprint density at radius 2 is 1.65 bits per heavy atom. The molecule has 0 bridgehead atoms. The van der Waals surface area contributed by atoms with Gasteiger partial charge < -0.3 is 10.3 Å². The second-order valence-electron chi connectivity index (χ2n) is 8.46. The fraction of sp³-hybridized carbons (Fsp3) is 0.360. The van der Waals surface area contributed by atoms with Crippen molar-refractivity contribution in [3.8, 4) is 0 Å². The van der Waals surface area contributed by atoms with E-state index in [1.54, 1.807) is 0 Å². The van der Waals surface area contributed by atoms with Gasteiger partial charge in [0.2, 0.25) is 5.91 Å². The first-order valence-electron chi connectivity index (χ1n) is 10.9. The van der Waals surface area contributed by atoms with Gasteiger partial charge in [-0.2, -0.15) is 0 Å². The number of aromatic amines is 1. The van der Waals surface area contributed by atoms with Crippen molar-refractivity contribution in [2.24, 2.45) is 0 Å². The molecule has 31 heavy (non-hydrogen) atoms. The third-order valence-corrected chi connectivity index (χ3v) is 5.81. The first-order valence-corrected chi connectivity index (χ1v) is 10.9. The minimum atomic E-state index is -0.341. The van der Waals surface area contributed by atoms with Crippen LogP contribution in [-0.4, -0.2) is 65.2 Å². The van der Waals surface area contributed by atoms with E-state index < -0.39 is 0 Å². The van der Waals surface area contributed by atoms with Crippen LogP contribution in [0.25, 0.3) is 10.9 Å². The third kappa shape index (κ3) is 4.86. The maximum absolute atomic E-state index is 13.8. The second-order valence-corrected chi connectivity index (χ2v) is 8.46. The Morgan fingerprint density at radius 3 is 2.35 bits per heavy atom. The van der Waals surface area contributed by atoms with Gasteiger partial charge in [-0.1, -0.05) is 48.5 Å².